The molecular formula is C23H18ClN3O. The number of carbonyl (C=O) groups is 1. The van der Waals surface area contributed by atoms with E-state index in [1.807, 2.05) is 47.4 Å². The third kappa shape index (κ3) is 2.96. The van der Waals surface area contributed by atoms with E-state index in [4.69, 9.17) is 11.6 Å². The number of fused-ring (bicyclic) bond motifs is 2. The van der Waals surface area contributed by atoms with Crippen molar-refractivity contribution in [2.45, 2.75) is 13.0 Å². The summed E-state index contributed by atoms with van der Waals surface area (Å²) in [5.41, 5.74) is 7.17. The molecule has 0 spiro atoms. The van der Waals surface area contributed by atoms with Gasteiger partial charge in [-0.25, -0.2) is 0 Å². The minimum Gasteiger partial charge on any atom is -0.349 e. The third-order valence-electron chi connectivity index (χ3n) is 5.33. The fourth-order valence-corrected chi connectivity index (χ4v) is 4.05. The van der Waals surface area contributed by atoms with Crippen LogP contribution >= 0.6 is 11.6 Å². The molecule has 0 aliphatic carbocycles. The number of H-pyrrole nitrogens is 1. The Labute approximate surface area is 167 Å². The van der Waals surface area contributed by atoms with Gasteiger partial charge >= 0.3 is 0 Å². The van der Waals surface area contributed by atoms with Gasteiger partial charge in [0.25, 0.3) is 5.91 Å². The van der Waals surface area contributed by atoms with E-state index in [2.05, 4.69) is 28.2 Å². The monoisotopic (exact) mass is 387 g/mol. The lowest BCUT2D eigenvalue weighted by Crippen LogP contribution is -2.36. The van der Waals surface area contributed by atoms with Gasteiger partial charge in [0.1, 0.15) is 5.69 Å². The van der Waals surface area contributed by atoms with Gasteiger partial charge in [-0.1, -0.05) is 41.9 Å². The molecule has 138 valence electrons. The number of carbonyl (C=O) groups excluding carboxylic acids is 1. The number of halogens is 1. The van der Waals surface area contributed by atoms with E-state index >= 15 is 0 Å². The molecule has 0 fully saturated rings. The maximum Gasteiger partial charge on any atom is 0.270 e. The van der Waals surface area contributed by atoms with Gasteiger partial charge in [-0.2, -0.15) is 0 Å². The first-order valence-corrected chi connectivity index (χ1v) is 9.66. The van der Waals surface area contributed by atoms with Gasteiger partial charge < -0.3 is 9.88 Å². The number of hydrogen-bond acceptors (Lipinski definition) is 2. The first kappa shape index (κ1) is 17.0. The highest BCUT2D eigenvalue weighted by molar-refractivity contribution is 6.30. The topological polar surface area (TPSA) is 49.0 Å². The van der Waals surface area contributed by atoms with E-state index in [1.165, 1.54) is 16.7 Å². The molecule has 4 nitrogen and oxygen atoms in total. The molecule has 0 saturated carbocycles. The van der Waals surface area contributed by atoms with Gasteiger partial charge in [-0.3, -0.25) is 9.78 Å². The Morgan fingerprint density at radius 3 is 2.75 bits per heavy atom. The predicted molar refractivity (Wildman–Crippen MR) is 111 cm³/mol. The smallest absolute Gasteiger partial charge is 0.270 e. The van der Waals surface area contributed by atoms with Gasteiger partial charge in [-0.15, -0.1) is 0 Å². The van der Waals surface area contributed by atoms with Gasteiger partial charge in [0.05, 0.1) is 11.0 Å². The Morgan fingerprint density at radius 2 is 1.93 bits per heavy atom. The van der Waals surface area contributed by atoms with Gasteiger partial charge in [0, 0.05) is 24.3 Å². The molecule has 2 aromatic heterocycles. The van der Waals surface area contributed by atoms with E-state index < -0.39 is 0 Å². The van der Waals surface area contributed by atoms with Crippen LogP contribution in [0.5, 0.6) is 0 Å². The Hall–Kier alpha value is -3.11. The molecule has 0 saturated heterocycles. The maximum absolute atomic E-state index is 13.0. The summed E-state index contributed by atoms with van der Waals surface area (Å²) >= 11 is 6.03. The second-order valence-electron chi connectivity index (χ2n) is 7.05. The molecule has 1 aliphatic heterocycles. The molecule has 4 aromatic rings. The van der Waals surface area contributed by atoms with Crippen LogP contribution in [0.2, 0.25) is 5.02 Å². The van der Waals surface area contributed by atoms with E-state index in [0.29, 0.717) is 18.8 Å². The number of aromatic nitrogens is 2. The van der Waals surface area contributed by atoms with Gasteiger partial charge in [0.2, 0.25) is 0 Å². The second kappa shape index (κ2) is 6.80. The van der Waals surface area contributed by atoms with Crippen molar-refractivity contribution in [3.8, 4) is 11.1 Å². The van der Waals surface area contributed by atoms with Gasteiger partial charge in [0.15, 0.2) is 0 Å². The van der Waals surface area contributed by atoms with Crippen LogP contribution in [0.4, 0.5) is 0 Å². The van der Waals surface area contributed by atoms with Crippen molar-refractivity contribution in [1.29, 1.82) is 0 Å². The fourth-order valence-electron chi connectivity index (χ4n) is 3.92. The lowest BCUT2D eigenvalue weighted by molar-refractivity contribution is 0.0730. The number of hydrogen-bond donors (Lipinski definition) is 1. The average molecular weight is 388 g/mol. The van der Waals surface area contributed by atoms with Gasteiger partial charge in [-0.05, 0) is 59.0 Å². The number of pyridine rings is 1. The minimum atomic E-state index is 0.0144. The van der Waals surface area contributed by atoms with E-state index in [1.54, 1.807) is 6.20 Å². The molecule has 5 heteroatoms. The Bertz CT molecular complexity index is 1150. The molecule has 0 unspecified atom stereocenters. The molecule has 0 radical (unpaired) electrons. The van der Waals surface area contributed by atoms with Crippen LogP contribution in [0.1, 0.15) is 21.6 Å². The van der Waals surface area contributed by atoms with Crippen molar-refractivity contribution in [2.75, 3.05) is 6.54 Å². The molecule has 1 aliphatic rings. The highest BCUT2D eigenvalue weighted by Crippen LogP contribution is 2.31. The number of aromatic amines is 1. The van der Waals surface area contributed by atoms with Crippen molar-refractivity contribution >= 4 is 28.5 Å². The van der Waals surface area contributed by atoms with Crippen LogP contribution in [0.3, 0.4) is 0 Å². The molecule has 5 rings (SSSR count). The summed E-state index contributed by atoms with van der Waals surface area (Å²) in [4.78, 5) is 22.4. The molecule has 1 amide bonds. The summed E-state index contributed by atoms with van der Waals surface area (Å²) in [7, 11) is 0. The fraction of sp³-hybridized carbons (Fsp3) is 0.130. The molecule has 0 bridgehead atoms. The normalized spacial score (nSPS) is 13.5. The standard InChI is InChI=1S/C23H18ClN3O/c24-17-8-6-15(7-9-17)18-4-1-3-16-14-27(12-10-19(16)18)23(28)22-13-21-20(26-22)5-2-11-25-21/h1-9,11,13,26H,10,12,14H2. The van der Waals surface area contributed by atoms with Crippen LogP contribution in [-0.2, 0) is 13.0 Å². The van der Waals surface area contributed by atoms with E-state index in [0.717, 1.165) is 28.0 Å². The molecule has 2 aromatic carbocycles. The molecular weight excluding hydrogens is 370 g/mol. The van der Waals surface area contributed by atoms with Crippen LogP contribution in [0.15, 0.2) is 66.9 Å². The summed E-state index contributed by atoms with van der Waals surface area (Å²) in [5, 5.41) is 0.734. The number of nitrogens with zero attached hydrogens (tertiary/aromatic N) is 2. The lowest BCUT2D eigenvalue weighted by atomic mass is 9.90. The largest absolute Gasteiger partial charge is 0.349 e. The minimum absolute atomic E-state index is 0.0144. The quantitative estimate of drug-likeness (QED) is 0.521. The van der Waals surface area contributed by atoms with Crippen LogP contribution in [0.25, 0.3) is 22.2 Å². The van der Waals surface area contributed by atoms with E-state index in [-0.39, 0.29) is 5.91 Å². The molecule has 28 heavy (non-hydrogen) atoms. The van der Waals surface area contributed by atoms with Crippen molar-refractivity contribution in [3.63, 3.8) is 0 Å². The Balaban J connectivity index is 1.44. The zero-order chi connectivity index (χ0) is 19.1. The predicted octanol–water partition coefficient (Wildman–Crippen LogP) is 5.08. The molecule has 1 N–H and O–H groups in total. The SMILES string of the molecule is O=C(c1cc2ncccc2[nH]1)N1CCc2c(cccc2-c2ccc(Cl)cc2)C1. The van der Waals surface area contributed by atoms with Crippen molar-refractivity contribution in [3.05, 3.63) is 88.7 Å². The van der Waals surface area contributed by atoms with Crippen molar-refractivity contribution in [1.82, 2.24) is 14.9 Å². The summed E-state index contributed by atoms with van der Waals surface area (Å²) < 4.78 is 0. The number of amides is 1. The number of benzene rings is 2. The van der Waals surface area contributed by atoms with Crippen LogP contribution < -0.4 is 0 Å². The zero-order valence-electron chi connectivity index (χ0n) is 15.2. The Kier molecular flexibility index (Phi) is 4.14. The highest BCUT2D eigenvalue weighted by Gasteiger charge is 2.24. The van der Waals surface area contributed by atoms with Crippen molar-refractivity contribution < 1.29 is 4.79 Å². The molecule has 3 heterocycles. The summed E-state index contributed by atoms with van der Waals surface area (Å²) in [5.74, 6) is 0.0144. The number of rotatable bonds is 2. The summed E-state index contributed by atoms with van der Waals surface area (Å²) in [6.45, 7) is 1.30. The maximum atomic E-state index is 13.0. The number of nitrogens with one attached hydrogen (secondary N) is 1. The van der Waals surface area contributed by atoms with Crippen LogP contribution in [0, 0.1) is 0 Å². The van der Waals surface area contributed by atoms with Crippen LogP contribution in [-0.4, -0.2) is 27.3 Å². The van der Waals surface area contributed by atoms with E-state index in [9.17, 15) is 4.79 Å². The van der Waals surface area contributed by atoms with Crippen molar-refractivity contribution in [2.24, 2.45) is 0 Å². The average Bonchev–Trinajstić information content (AvgIpc) is 3.17. The summed E-state index contributed by atoms with van der Waals surface area (Å²) in [6.07, 6.45) is 2.57. The molecule has 0 atom stereocenters. The summed E-state index contributed by atoms with van der Waals surface area (Å²) in [6, 6.07) is 19.9. The third-order valence-corrected chi connectivity index (χ3v) is 5.58. The zero-order valence-corrected chi connectivity index (χ0v) is 15.9. The lowest BCUT2D eigenvalue weighted by Gasteiger charge is -2.30. The first-order valence-electron chi connectivity index (χ1n) is 9.29. The highest BCUT2D eigenvalue weighted by atomic mass is 35.5. The first-order chi connectivity index (χ1) is 13.7. The Morgan fingerprint density at radius 1 is 1.07 bits per heavy atom. The second-order valence-corrected chi connectivity index (χ2v) is 7.48.